The summed E-state index contributed by atoms with van der Waals surface area (Å²) in [6.45, 7) is 2.43. The molecule has 0 amide bonds. The van der Waals surface area contributed by atoms with Gasteiger partial charge in [-0.3, -0.25) is 4.90 Å². The van der Waals surface area contributed by atoms with E-state index in [0.29, 0.717) is 6.54 Å². The first-order valence-corrected chi connectivity index (χ1v) is 5.46. The molecular formula is C11H11BrN2. The lowest BCUT2D eigenvalue weighted by atomic mass is 10.00. The quantitative estimate of drug-likeness (QED) is 0.716. The van der Waals surface area contributed by atoms with Gasteiger partial charge < -0.3 is 0 Å². The highest BCUT2D eigenvalue weighted by molar-refractivity contribution is 9.10. The third-order valence-electron chi connectivity index (χ3n) is 2.58. The molecule has 3 heteroatoms. The molecule has 2 nitrogen and oxygen atoms in total. The molecule has 0 spiro atoms. The first-order valence-electron chi connectivity index (χ1n) is 4.67. The maximum absolute atomic E-state index is 8.62. The summed E-state index contributed by atoms with van der Waals surface area (Å²) in [5.41, 5.74) is 2.75. The highest BCUT2D eigenvalue weighted by Crippen LogP contribution is 2.25. The van der Waals surface area contributed by atoms with Crippen molar-refractivity contribution in [3.8, 4) is 6.07 Å². The molecule has 1 aliphatic rings. The number of rotatable bonds is 1. The predicted octanol–water partition coefficient (Wildman–Crippen LogP) is 2.33. The van der Waals surface area contributed by atoms with E-state index in [-0.39, 0.29) is 0 Å². The van der Waals surface area contributed by atoms with Crippen molar-refractivity contribution in [2.75, 3.05) is 13.1 Å². The SMILES string of the molecule is N#CCN1CCc2c(Br)cccc2C1. The molecule has 72 valence electrons. The fourth-order valence-electron chi connectivity index (χ4n) is 1.86. The summed E-state index contributed by atoms with van der Waals surface area (Å²) < 4.78 is 1.20. The molecule has 1 aromatic rings. The Balaban J connectivity index is 2.24. The van der Waals surface area contributed by atoms with Crippen LogP contribution in [0.2, 0.25) is 0 Å². The highest BCUT2D eigenvalue weighted by Gasteiger charge is 2.16. The number of nitrogens with zero attached hydrogens (tertiary/aromatic N) is 2. The standard InChI is InChI=1S/C11H11BrN2/c12-11-3-1-2-9-8-14(7-5-13)6-4-10(9)11/h1-3H,4,6-8H2. The van der Waals surface area contributed by atoms with Gasteiger partial charge in [0.15, 0.2) is 0 Å². The van der Waals surface area contributed by atoms with Crippen LogP contribution < -0.4 is 0 Å². The fourth-order valence-corrected chi connectivity index (χ4v) is 2.46. The molecule has 0 saturated heterocycles. The third kappa shape index (κ3) is 1.82. The molecule has 0 unspecified atom stereocenters. The van der Waals surface area contributed by atoms with Crippen LogP contribution in [0.3, 0.4) is 0 Å². The summed E-state index contributed by atoms with van der Waals surface area (Å²) >= 11 is 3.56. The van der Waals surface area contributed by atoms with Gasteiger partial charge in [-0.2, -0.15) is 5.26 Å². The van der Waals surface area contributed by atoms with Gasteiger partial charge >= 0.3 is 0 Å². The smallest absolute Gasteiger partial charge is 0.0868 e. The van der Waals surface area contributed by atoms with Crippen LogP contribution in [-0.4, -0.2) is 18.0 Å². The molecule has 1 aromatic carbocycles. The highest BCUT2D eigenvalue weighted by atomic mass is 79.9. The van der Waals surface area contributed by atoms with Crippen LogP contribution in [0, 0.1) is 11.3 Å². The molecule has 2 rings (SSSR count). The van der Waals surface area contributed by atoms with Crippen molar-refractivity contribution in [1.82, 2.24) is 4.90 Å². The third-order valence-corrected chi connectivity index (χ3v) is 3.33. The van der Waals surface area contributed by atoms with Gasteiger partial charge in [0.05, 0.1) is 12.6 Å². The topological polar surface area (TPSA) is 27.0 Å². The minimum absolute atomic E-state index is 0.534. The minimum atomic E-state index is 0.534. The van der Waals surface area contributed by atoms with E-state index in [2.05, 4.69) is 45.1 Å². The summed E-state index contributed by atoms with van der Waals surface area (Å²) in [7, 11) is 0. The number of hydrogen-bond donors (Lipinski definition) is 0. The van der Waals surface area contributed by atoms with E-state index >= 15 is 0 Å². The van der Waals surface area contributed by atoms with Gasteiger partial charge in [-0.1, -0.05) is 28.1 Å². The van der Waals surface area contributed by atoms with E-state index in [1.54, 1.807) is 0 Å². The Morgan fingerprint density at radius 3 is 3.14 bits per heavy atom. The summed E-state index contributed by atoms with van der Waals surface area (Å²) in [5.74, 6) is 0. The number of benzene rings is 1. The van der Waals surface area contributed by atoms with E-state index in [0.717, 1.165) is 19.5 Å². The average molecular weight is 251 g/mol. The normalized spacial score (nSPS) is 16.0. The molecule has 1 heterocycles. The molecule has 1 aliphatic heterocycles. The van der Waals surface area contributed by atoms with Crippen LogP contribution >= 0.6 is 15.9 Å². The van der Waals surface area contributed by atoms with Crippen LogP contribution in [0.4, 0.5) is 0 Å². The van der Waals surface area contributed by atoms with E-state index in [1.807, 2.05) is 0 Å². The Hall–Kier alpha value is -0.850. The Labute approximate surface area is 92.3 Å². The van der Waals surface area contributed by atoms with Crippen molar-refractivity contribution in [2.24, 2.45) is 0 Å². The van der Waals surface area contributed by atoms with Gasteiger partial charge in [0.2, 0.25) is 0 Å². The molecule has 0 fully saturated rings. The second-order valence-corrected chi connectivity index (χ2v) is 4.35. The lowest BCUT2D eigenvalue weighted by molar-refractivity contribution is 0.284. The molecule has 0 saturated carbocycles. The molecule has 0 bridgehead atoms. The van der Waals surface area contributed by atoms with Gasteiger partial charge in [-0.25, -0.2) is 0 Å². The molecule has 0 N–H and O–H groups in total. The summed E-state index contributed by atoms with van der Waals surface area (Å²) in [6.07, 6.45) is 1.04. The molecule has 0 aliphatic carbocycles. The van der Waals surface area contributed by atoms with Crippen molar-refractivity contribution >= 4 is 15.9 Å². The first-order chi connectivity index (χ1) is 6.81. The largest absolute Gasteiger partial charge is 0.286 e. The Bertz CT molecular complexity index is 381. The second-order valence-electron chi connectivity index (χ2n) is 3.50. The first kappa shape index (κ1) is 9.70. The number of fused-ring (bicyclic) bond motifs is 1. The zero-order valence-corrected chi connectivity index (χ0v) is 9.42. The van der Waals surface area contributed by atoms with Crippen molar-refractivity contribution in [3.05, 3.63) is 33.8 Å². The van der Waals surface area contributed by atoms with E-state index in [1.165, 1.54) is 15.6 Å². The van der Waals surface area contributed by atoms with E-state index in [4.69, 9.17) is 5.26 Å². The Kier molecular flexibility index (Phi) is 2.85. The monoisotopic (exact) mass is 250 g/mol. The average Bonchev–Trinajstić information content (AvgIpc) is 2.18. The Morgan fingerprint density at radius 2 is 2.36 bits per heavy atom. The minimum Gasteiger partial charge on any atom is -0.286 e. The van der Waals surface area contributed by atoms with Crippen LogP contribution in [0.25, 0.3) is 0 Å². The maximum Gasteiger partial charge on any atom is 0.0868 e. The zero-order valence-electron chi connectivity index (χ0n) is 7.83. The van der Waals surface area contributed by atoms with Gasteiger partial charge in [0.1, 0.15) is 0 Å². The Morgan fingerprint density at radius 1 is 1.50 bits per heavy atom. The lowest BCUT2D eigenvalue weighted by Gasteiger charge is -2.27. The number of hydrogen-bond acceptors (Lipinski definition) is 2. The van der Waals surface area contributed by atoms with Crippen molar-refractivity contribution in [2.45, 2.75) is 13.0 Å². The molecular weight excluding hydrogens is 240 g/mol. The predicted molar refractivity (Wildman–Crippen MR) is 58.7 cm³/mol. The number of nitriles is 1. The van der Waals surface area contributed by atoms with Crippen molar-refractivity contribution < 1.29 is 0 Å². The van der Waals surface area contributed by atoms with Gasteiger partial charge in [-0.05, 0) is 23.6 Å². The van der Waals surface area contributed by atoms with E-state index in [9.17, 15) is 0 Å². The molecule has 0 atom stereocenters. The van der Waals surface area contributed by atoms with Gasteiger partial charge in [0, 0.05) is 17.6 Å². The maximum atomic E-state index is 8.62. The second kappa shape index (κ2) is 4.12. The summed E-state index contributed by atoms with van der Waals surface area (Å²) in [6, 6.07) is 8.48. The van der Waals surface area contributed by atoms with E-state index < -0.39 is 0 Å². The van der Waals surface area contributed by atoms with Crippen molar-refractivity contribution in [1.29, 1.82) is 5.26 Å². The van der Waals surface area contributed by atoms with Gasteiger partial charge in [-0.15, -0.1) is 0 Å². The number of halogens is 1. The van der Waals surface area contributed by atoms with Crippen LogP contribution in [0.5, 0.6) is 0 Å². The fraction of sp³-hybridized carbons (Fsp3) is 0.364. The zero-order chi connectivity index (χ0) is 9.97. The van der Waals surface area contributed by atoms with Crippen LogP contribution in [0.1, 0.15) is 11.1 Å². The molecule has 14 heavy (non-hydrogen) atoms. The van der Waals surface area contributed by atoms with Crippen LogP contribution in [0.15, 0.2) is 22.7 Å². The lowest BCUT2D eigenvalue weighted by Crippen LogP contribution is -2.30. The molecule has 0 aromatic heterocycles. The summed E-state index contributed by atoms with van der Waals surface area (Å²) in [5, 5.41) is 8.62. The van der Waals surface area contributed by atoms with Gasteiger partial charge in [0.25, 0.3) is 0 Å². The van der Waals surface area contributed by atoms with Crippen molar-refractivity contribution in [3.63, 3.8) is 0 Å². The molecule has 0 radical (unpaired) electrons. The summed E-state index contributed by atoms with van der Waals surface area (Å²) in [4.78, 5) is 2.18. The van der Waals surface area contributed by atoms with Crippen LogP contribution in [-0.2, 0) is 13.0 Å².